The van der Waals surface area contributed by atoms with E-state index in [9.17, 15) is 9.18 Å². The number of benzene rings is 1. The molecule has 0 aliphatic heterocycles. The van der Waals surface area contributed by atoms with Crippen LogP contribution in [0.25, 0.3) is 0 Å². The van der Waals surface area contributed by atoms with Crippen LogP contribution in [0.4, 0.5) is 4.39 Å². The molecule has 2 nitrogen and oxygen atoms in total. The minimum absolute atomic E-state index is 0.118. The van der Waals surface area contributed by atoms with Gasteiger partial charge in [-0.25, -0.2) is 4.39 Å². The van der Waals surface area contributed by atoms with Crippen molar-refractivity contribution in [3.63, 3.8) is 0 Å². The Bertz CT molecular complexity index is 607. The molecule has 0 unspecified atom stereocenters. The summed E-state index contributed by atoms with van der Waals surface area (Å²) >= 11 is 3.20. The van der Waals surface area contributed by atoms with Crippen LogP contribution in [-0.2, 0) is 6.54 Å². The number of hydrogen-bond acceptors (Lipinski definition) is 1. The highest BCUT2D eigenvalue weighted by Gasteiger charge is 2.06. The maximum absolute atomic E-state index is 13.7. The van der Waals surface area contributed by atoms with Gasteiger partial charge >= 0.3 is 0 Å². The first-order chi connectivity index (χ1) is 8.08. The third kappa shape index (κ3) is 2.64. The predicted molar refractivity (Wildman–Crippen MR) is 68.6 cm³/mol. The van der Waals surface area contributed by atoms with Gasteiger partial charge in [-0.3, -0.25) is 4.79 Å². The second kappa shape index (κ2) is 4.84. The van der Waals surface area contributed by atoms with E-state index in [2.05, 4.69) is 15.9 Å². The molecular weight excluding hydrogens is 285 g/mol. The van der Waals surface area contributed by atoms with Gasteiger partial charge in [-0.15, -0.1) is 0 Å². The van der Waals surface area contributed by atoms with Gasteiger partial charge in [0, 0.05) is 21.8 Å². The number of rotatable bonds is 2. The van der Waals surface area contributed by atoms with Gasteiger partial charge in [0.15, 0.2) is 0 Å². The molecule has 88 valence electrons. The second-order valence-corrected chi connectivity index (χ2v) is 4.74. The average molecular weight is 296 g/mol. The lowest BCUT2D eigenvalue weighted by Gasteiger charge is -2.10. The number of nitrogens with zero attached hydrogens (tertiary/aromatic N) is 1. The molecule has 2 aromatic rings. The van der Waals surface area contributed by atoms with Gasteiger partial charge in [-0.1, -0.05) is 28.1 Å². The summed E-state index contributed by atoms with van der Waals surface area (Å²) in [7, 11) is 0. The highest BCUT2D eigenvalue weighted by molar-refractivity contribution is 9.10. The van der Waals surface area contributed by atoms with E-state index in [1.54, 1.807) is 22.8 Å². The molecule has 0 atom stereocenters. The van der Waals surface area contributed by atoms with Crippen molar-refractivity contribution in [1.82, 2.24) is 4.57 Å². The molecule has 4 heteroatoms. The van der Waals surface area contributed by atoms with E-state index in [0.717, 1.165) is 5.69 Å². The Morgan fingerprint density at radius 2 is 2.06 bits per heavy atom. The smallest absolute Gasteiger partial charge is 0.251 e. The Kier molecular flexibility index (Phi) is 3.43. The van der Waals surface area contributed by atoms with Crippen LogP contribution in [-0.4, -0.2) is 4.57 Å². The Balaban J connectivity index is 2.42. The van der Waals surface area contributed by atoms with Gasteiger partial charge in [-0.2, -0.15) is 0 Å². The van der Waals surface area contributed by atoms with Crippen LogP contribution in [0, 0.1) is 12.7 Å². The van der Waals surface area contributed by atoms with Gasteiger partial charge < -0.3 is 4.57 Å². The zero-order valence-corrected chi connectivity index (χ0v) is 10.9. The number of aryl methyl sites for hydroxylation is 1. The summed E-state index contributed by atoms with van der Waals surface area (Å²) in [5, 5.41) is 0. The van der Waals surface area contributed by atoms with E-state index < -0.39 is 0 Å². The van der Waals surface area contributed by atoms with E-state index in [1.807, 2.05) is 13.0 Å². The quantitative estimate of drug-likeness (QED) is 0.834. The molecule has 0 radical (unpaired) electrons. The van der Waals surface area contributed by atoms with Crippen molar-refractivity contribution in [3.05, 3.63) is 68.3 Å². The fourth-order valence-electron chi connectivity index (χ4n) is 1.65. The summed E-state index contributed by atoms with van der Waals surface area (Å²) in [6.07, 6.45) is 0. The SMILES string of the molecule is Cc1cccc(=O)n1Cc1ccc(Br)cc1F. The lowest BCUT2D eigenvalue weighted by atomic mass is 10.2. The highest BCUT2D eigenvalue weighted by atomic mass is 79.9. The van der Waals surface area contributed by atoms with Gasteiger partial charge in [-0.05, 0) is 25.1 Å². The Morgan fingerprint density at radius 1 is 1.29 bits per heavy atom. The normalized spacial score (nSPS) is 10.5. The van der Waals surface area contributed by atoms with Crippen molar-refractivity contribution in [1.29, 1.82) is 0 Å². The molecule has 0 aliphatic rings. The highest BCUT2D eigenvalue weighted by Crippen LogP contribution is 2.16. The summed E-state index contributed by atoms with van der Waals surface area (Å²) in [5.74, 6) is -0.311. The molecular formula is C13H11BrFNO. The van der Waals surface area contributed by atoms with Crippen LogP contribution >= 0.6 is 15.9 Å². The second-order valence-electron chi connectivity index (χ2n) is 3.83. The molecule has 0 aliphatic carbocycles. The molecule has 2 rings (SSSR count). The lowest BCUT2D eigenvalue weighted by Crippen LogP contribution is -2.21. The minimum atomic E-state index is -0.311. The van der Waals surface area contributed by atoms with E-state index in [4.69, 9.17) is 0 Å². The number of halogens is 2. The standard InChI is InChI=1S/C13H11BrFNO/c1-9-3-2-4-13(17)16(9)8-10-5-6-11(14)7-12(10)15/h2-7H,8H2,1H3. The summed E-state index contributed by atoms with van der Waals surface area (Å²) in [4.78, 5) is 11.7. The Labute approximate surface area is 107 Å². The fourth-order valence-corrected chi connectivity index (χ4v) is 1.98. The predicted octanol–water partition coefficient (Wildman–Crippen LogP) is 3.11. The van der Waals surface area contributed by atoms with Crippen LogP contribution in [0.3, 0.4) is 0 Å². The van der Waals surface area contributed by atoms with Crippen molar-refractivity contribution in [2.45, 2.75) is 13.5 Å². The van der Waals surface area contributed by atoms with Gasteiger partial charge in [0.1, 0.15) is 5.82 Å². The third-order valence-corrected chi connectivity index (χ3v) is 3.10. The van der Waals surface area contributed by atoms with Crippen LogP contribution in [0.1, 0.15) is 11.3 Å². The lowest BCUT2D eigenvalue weighted by molar-refractivity contribution is 0.592. The monoisotopic (exact) mass is 295 g/mol. The summed E-state index contributed by atoms with van der Waals surface area (Å²) in [5.41, 5.74) is 1.21. The number of hydrogen-bond donors (Lipinski definition) is 0. The average Bonchev–Trinajstić information content (AvgIpc) is 2.26. The largest absolute Gasteiger partial charge is 0.308 e. The summed E-state index contributed by atoms with van der Waals surface area (Å²) in [6.45, 7) is 2.09. The van der Waals surface area contributed by atoms with E-state index in [1.165, 1.54) is 12.1 Å². The molecule has 0 N–H and O–H groups in total. The fraction of sp³-hybridized carbons (Fsp3) is 0.154. The van der Waals surface area contributed by atoms with Gasteiger partial charge in [0.25, 0.3) is 5.56 Å². The molecule has 1 aromatic carbocycles. The molecule has 0 spiro atoms. The zero-order valence-electron chi connectivity index (χ0n) is 9.28. The maximum Gasteiger partial charge on any atom is 0.251 e. The Hall–Kier alpha value is -1.42. The van der Waals surface area contributed by atoms with Gasteiger partial charge in [0.05, 0.1) is 6.54 Å². The van der Waals surface area contributed by atoms with Crippen molar-refractivity contribution in [2.75, 3.05) is 0 Å². The van der Waals surface area contributed by atoms with Crippen molar-refractivity contribution < 1.29 is 4.39 Å². The van der Waals surface area contributed by atoms with Crippen LogP contribution in [0.5, 0.6) is 0 Å². The molecule has 1 aromatic heterocycles. The van der Waals surface area contributed by atoms with Gasteiger partial charge in [0.2, 0.25) is 0 Å². The van der Waals surface area contributed by atoms with Crippen molar-refractivity contribution in [2.24, 2.45) is 0 Å². The summed E-state index contributed by atoms with van der Waals surface area (Å²) < 4.78 is 15.9. The summed E-state index contributed by atoms with van der Waals surface area (Å²) in [6, 6.07) is 9.85. The van der Waals surface area contributed by atoms with E-state index in [-0.39, 0.29) is 17.9 Å². The molecule has 1 heterocycles. The van der Waals surface area contributed by atoms with Crippen LogP contribution in [0.2, 0.25) is 0 Å². The first kappa shape index (κ1) is 12.0. The first-order valence-electron chi connectivity index (χ1n) is 5.18. The van der Waals surface area contributed by atoms with Crippen molar-refractivity contribution in [3.8, 4) is 0 Å². The molecule has 0 saturated carbocycles. The molecule has 0 saturated heterocycles. The Morgan fingerprint density at radius 3 is 2.71 bits per heavy atom. The third-order valence-electron chi connectivity index (χ3n) is 2.61. The number of pyridine rings is 1. The van der Waals surface area contributed by atoms with Crippen LogP contribution < -0.4 is 5.56 Å². The molecule has 0 bridgehead atoms. The maximum atomic E-state index is 13.7. The van der Waals surface area contributed by atoms with E-state index >= 15 is 0 Å². The topological polar surface area (TPSA) is 22.0 Å². The molecule has 17 heavy (non-hydrogen) atoms. The van der Waals surface area contributed by atoms with Crippen LogP contribution in [0.15, 0.2) is 45.7 Å². The first-order valence-corrected chi connectivity index (χ1v) is 5.97. The molecule has 0 fully saturated rings. The molecule has 0 amide bonds. The number of aromatic nitrogens is 1. The van der Waals surface area contributed by atoms with Crippen molar-refractivity contribution >= 4 is 15.9 Å². The van der Waals surface area contributed by atoms with E-state index in [0.29, 0.717) is 10.0 Å². The zero-order chi connectivity index (χ0) is 12.4. The minimum Gasteiger partial charge on any atom is -0.308 e.